The number of benzene rings is 1. The molecule has 2 aromatic rings. The molecule has 0 spiro atoms. The molecule has 1 fully saturated rings. The van der Waals surface area contributed by atoms with Crippen LogP contribution in [0, 0.1) is 6.92 Å². The number of aromatic nitrogens is 2. The Morgan fingerprint density at radius 2 is 2.10 bits per heavy atom. The number of aryl methyl sites for hydroxylation is 1. The summed E-state index contributed by atoms with van der Waals surface area (Å²) in [7, 11) is 1.59. The number of nitrogens with zero attached hydrogens (tertiary/aromatic N) is 3. The number of carbonyl (C=O) groups is 2. The van der Waals surface area contributed by atoms with Gasteiger partial charge < -0.3 is 15.2 Å². The van der Waals surface area contributed by atoms with Crippen LogP contribution in [-0.4, -0.2) is 57.0 Å². The quantitative estimate of drug-likeness (QED) is 0.375. The zero-order valence-electron chi connectivity index (χ0n) is 16.4. The molecule has 0 saturated carbocycles. The maximum atomic E-state index is 13.0. The molecule has 2 N–H and O–H groups in total. The molecular formula is C19H20N4O4S3. The van der Waals surface area contributed by atoms with Gasteiger partial charge in [-0.1, -0.05) is 35.2 Å². The Bertz CT molecular complexity index is 992. The van der Waals surface area contributed by atoms with Crippen LogP contribution in [0.4, 0.5) is 0 Å². The highest BCUT2D eigenvalue weighted by molar-refractivity contribution is 8.01. The van der Waals surface area contributed by atoms with Crippen LogP contribution in [0.5, 0.6) is 5.75 Å². The van der Waals surface area contributed by atoms with Gasteiger partial charge in [-0.2, -0.15) is 0 Å². The third-order valence-corrected chi connectivity index (χ3v) is 8.11. The molecule has 8 nitrogen and oxygen atoms in total. The molecule has 1 unspecified atom stereocenters. The van der Waals surface area contributed by atoms with Crippen LogP contribution in [0.3, 0.4) is 0 Å². The Morgan fingerprint density at radius 3 is 2.77 bits per heavy atom. The third-order valence-electron chi connectivity index (χ3n) is 4.69. The topological polar surface area (TPSA) is 108 Å². The monoisotopic (exact) mass is 464 g/mol. The highest BCUT2D eigenvalue weighted by atomic mass is 32.2. The number of rotatable bonds is 7. The molecule has 1 saturated heterocycles. The van der Waals surface area contributed by atoms with E-state index in [1.165, 1.54) is 28.0 Å². The predicted molar refractivity (Wildman–Crippen MR) is 116 cm³/mol. The number of esters is 1. The van der Waals surface area contributed by atoms with Gasteiger partial charge in [-0.05, 0) is 30.2 Å². The minimum atomic E-state index is -0.584. The van der Waals surface area contributed by atoms with E-state index in [1.54, 1.807) is 31.0 Å². The number of hydrogen-bond donors (Lipinski definition) is 1. The van der Waals surface area contributed by atoms with E-state index in [0.717, 1.165) is 26.2 Å². The van der Waals surface area contributed by atoms with Gasteiger partial charge in [0.2, 0.25) is 5.91 Å². The molecule has 1 aromatic carbocycles. The van der Waals surface area contributed by atoms with Crippen molar-refractivity contribution in [2.75, 3.05) is 18.6 Å². The molecular weight excluding hydrogens is 444 g/mol. The summed E-state index contributed by atoms with van der Waals surface area (Å²) >= 11 is 4.56. The van der Waals surface area contributed by atoms with E-state index in [9.17, 15) is 9.59 Å². The maximum Gasteiger partial charge on any atom is 0.355 e. The molecule has 158 valence electrons. The number of ether oxygens (including phenoxy) is 2. The van der Waals surface area contributed by atoms with Crippen LogP contribution in [0.2, 0.25) is 0 Å². The first-order chi connectivity index (χ1) is 14.5. The summed E-state index contributed by atoms with van der Waals surface area (Å²) in [5.74, 6) is 1.10. The van der Waals surface area contributed by atoms with Crippen molar-refractivity contribution in [2.45, 2.75) is 29.3 Å². The second-order valence-electron chi connectivity index (χ2n) is 6.69. The molecule has 2 atom stereocenters. The van der Waals surface area contributed by atoms with E-state index in [0.29, 0.717) is 17.2 Å². The molecule has 2 aliphatic rings. The van der Waals surface area contributed by atoms with E-state index in [-0.39, 0.29) is 17.9 Å². The Balaban J connectivity index is 1.51. The van der Waals surface area contributed by atoms with Gasteiger partial charge in [0, 0.05) is 11.5 Å². The summed E-state index contributed by atoms with van der Waals surface area (Å²) in [5, 5.41) is 8.78. The zero-order valence-corrected chi connectivity index (χ0v) is 18.8. The van der Waals surface area contributed by atoms with Crippen LogP contribution >= 0.6 is 34.9 Å². The summed E-state index contributed by atoms with van der Waals surface area (Å²) in [6.07, 6.45) is 0. The highest BCUT2D eigenvalue weighted by Crippen LogP contribution is 2.41. The number of hydrogen-bond acceptors (Lipinski definition) is 10. The molecule has 0 radical (unpaired) electrons. The number of methoxy groups -OCH3 is 1. The highest BCUT2D eigenvalue weighted by Gasteiger charge is 2.52. The standard InChI is InChI=1S/C19H20N4O4S3/c1-10-21-22-19(30-10)29-9-12-8-28-17-14(20)16(24)23(17)15(12)18(25)27-7-11-3-5-13(26-2)6-4-11/h3-6,14,17H,7-9,20H2,1-2H3/t14?,17-/m1/s1. The van der Waals surface area contributed by atoms with E-state index in [1.807, 2.05) is 19.1 Å². The summed E-state index contributed by atoms with van der Waals surface area (Å²) < 4.78 is 11.5. The van der Waals surface area contributed by atoms with E-state index in [2.05, 4.69) is 10.2 Å². The normalized spacial score (nSPS) is 20.6. The van der Waals surface area contributed by atoms with Gasteiger partial charge in [-0.15, -0.1) is 22.0 Å². The fourth-order valence-corrected chi connectivity index (χ4v) is 6.35. The SMILES string of the molecule is COc1ccc(COC(=O)C2=C(CSc3nnc(C)s3)CS[C@@H]3C(N)C(=O)N23)cc1. The van der Waals surface area contributed by atoms with Crippen molar-refractivity contribution in [1.29, 1.82) is 0 Å². The predicted octanol–water partition coefficient (Wildman–Crippen LogP) is 2.19. The van der Waals surface area contributed by atoms with E-state index >= 15 is 0 Å². The number of carbonyl (C=O) groups excluding carboxylic acids is 2. The summed E-state index contributed by atoms with van der Waals surface area (Å²) in [4.78, 5) is 26.8. The van der Waals surface area contributed by atoms with Crippen LogP contribution in [0.15, 0.2) is 39.9 Å². The van der Waals surface area contributed by atoms with Gasteiger partial charge in [0.25, 0.3) is 0 Å². The van der Waals surface area contributed by atoms with Crippen LogP contribution < -0.4 is 10.5 Å². The molecule has 30 heavy (non-hydrogen) atoms. The number of thioether (sulfide) groups is 2. The van der Waals surface area contributed by atoms with Crippen molar-refractivity contribution in [1.82, 2.24) is 15.1 Å². The Kier molecular flexibility index (Phi) is 6.32. The molecule has 1 aromatic heterocycles. The van der Waals surface area contributed by atoms with Crippen molar-refractivity contribution in [3.8, 4) is 5.75 Å². The van der Waals surface area contributed by atoms with Crippen molar-refractivity contribution in [3.63, 3.8) is 0 Å². The lowest BCUT2D eigenvalue weighted by atomic mass is 10.0. The minimum absolute atomic E-state index is 0.105. The molecule has 0 aliphatic carbocycles. The van der Waals surface area contributed by atoms with Gasteiger partial charge in [-0.25, -0.2) is 4.79 Å². The Labute approximate surface area is 186 Å². The van der Waals surface area contributed by atoms with E-state index in [4.69, 9.17) is 15.2 Å². The number of nitrogens with two attached hydrogens (primary N) is 1. The number of β-lactam (4-membered cyclic amide) rings is 1. The van der Waals surface area contributed by atoms with Crippen molar-refractivity contribution >= 4 is 46.7 Å². The molecule has 0 bridgehead atoms. The second kappa shape index (κ2) is 8.96. The number of amides is 1. The summed E-state index contributed by atoms with van der Waals surface area (Å²) in [5.41, 5.74) is 7.91. The summed E-state index contributed by atoms with van der Waals surface area (Å²) in [6, 6.07) is 6.69. The van der Waals surface area contributed by atoms with Gasteiger partial charge in [0.05, 0.1) is 7.11 Å². The lowest BCUT2D eigenvalue weighted by Gasteiger charge is -2.48. The first-order valence-corrected chi connectivity index (χ1v) is 12.0. The van der Waals surface area contributed by atoms with Crippen LogP contribution in [0.1, 0.15) is 10.6 Å². The van der Waals surface area contributed by atoms with Crippen molar-refractivity contribution in [2.24, 2.45) is 5.73 Å². The van der Waals surface area contributed by atoms with Crippen LogP contribution in [-0.2, 0) is 20.9 Å². The van der Waals surface area contributed by atoms with E-state index < -0.39 is 12.0 Å². The van der Waals surface area contributed by atoms with Crippen LogP contribution in [0.25, 0.3) is 0 Å². The van der Waals surface area contributed by atoms with Gasteiger partial charge in [-0.3, -0.25) is 9.69 Å². The second-order valence-corrected chi connectivity index (χ2v) is 10.2. The fraction of sp³-hybridized carbons (Fsp3) is 0.368. The molecule has 3 heterocycles. The molecule has 1 amide bonds. The smallest absolute Gasteiger partial charge is 0.355 e. The number of fused-ring (bicyclic) bond motifs is 1. The van der Waals surface area contributed by atoms with Crippen molar-refractivity contribution in [3.05, 3.63) is 46.1 Å². The van der Waals surface area contributed by atoms with Gasteiger partial charge in [0.1, 0.15) is 34.5 Å². The lowest BCUT2D eigenvalue weighted by molar-refractivity contribution is -0.151. The van der Waals surface area contributed by atoms with Gasteiger partial charge >= 0.3 is 5.97 Å². The Morgan fingerprint density at radius 1 is 1.33 bits per heavy atom. The average molecular weight is 465 g/mol. The molecule has 4 rings (SSSR count). The minimum Gasteiger partial charge on any atom is -0.497 e. The van der Waals surface area contributed by atoms with Gasteiger partial charge in [0.15, 0.2) is 4.34 Å². The average Bonchev–Trinajstić information content (AvgIpc) is 3.20. The first-order valence-electron chi connectivity index (χ1n) is 9.13. The maximum absolute atomic E-state index is 13.0. The first kappa shape index (κ1) is 21.2. The fourth-order valence-electron chi connectivity index (χ4n) is 3.10. The molecule has 2 aliphatic heterocycles. The van der Waals surface area contributed by atoms with Crippen molar-refractivity contribution < 1.29 is 19.1 Å². The summed E-state index contributed by atoms with van der Waals surface area (Å²) in [6.45, 7) is 2.00. The molecule has 11 heteroatoms. The Hall–Kier alpha value is -2.08. The zero-order chi connectivity index (χ0) is 21.3. The largest absolute Gasteiger partial charge is 0.497 e. The third kappa shape index (κ3) is 4.20. The lowest BCUT2D eigenvalue weighted by Crippen LogP contribution is -2.68.